The first-order chi connectivity index (χ1) is 7.88. The number of hydrogen-bond acceptors (Lipinski definition) is 2. The van der Waals surface area contributed by atoms with E-state index in [4.69, 9.17) is 0 Å². The molecule has 90 valence electrons. The summed E-state index contributed by atoms with van der Waals surface area (Å²) in [6.07, 6.45) is -4.65. The molecule has 1 heterocycles. The highest BCUT2D eigenvalue weighted by Crippen LogP contribution is 2.35. The molecule has 8 heteroatoms. The van der Waals surface area contributed by atoms with Crippen LogP contribution in [0.5, 0.6) is 0 Å². The average molecular weight is 247 g/mol. The number of halogens is 4. The Morgan fingerprint density at radius 3 is 2.47 bits per heavy atom. The number of aromatic nitrogens is 3. The second kappa shape index (κ2) is 3.72. The third-order valence-corrected chi connectivity index (χ3v) is 2.04. The van der Waals surface area contributed by atoms with Crippen LogP contribution in [0.2, 0.25) is 0 Å². The zero-order chi connectivity index (χ0) is 12.6. The highest BCUT2D eigenvalue weighted by Gasteiger charge is 2.34. The Morgan fingerprint density at radius 2 is 1.94 bits per heavy atom. The topological polar surface area (TPSA) is 61.5 Å². The number of nitrogens with one attached hydrogen (secondary N) is 2. The Bertz CT molecular complexity index is 599. The molecule has 0 aliphatic rings. The quantitative estimate of drug-likeness (QED) is 0.756. The minimum Gasteiger partial charge on any atom is -0.289 e. The predicted octanol–water partition coefficient (Wildman–Crippen LogP) is 1.92. The van der Waals surface area contributed by atoms with Crippen molar-refractivity contribution in [3.8, 4) is 11.4 Å². The Kier molecular flexibility index (Phi) is 2.49. The Hall–Kier alpha value is -2.12. The van der Waals surface area contributed by atoms with Gasteiger partial charge in [-0.05, 0) is 18.2 Å². The van der Waals surface area contributed by atoms with Gasteiger partial charge in [0.2, 0.25) is 0 Å². The molecule has 2 N–H and O–H groups in total. The van der Waals surface area contributed by atoms with E-state index in [9.17, 15) is 22.4 Å². The molecule has 2 aromatic rings. The molecule has 1 aromatic carbocycles. The van der Waals surface area contributed by atoms with E-state index in [1.165, 1.54) is 0 Å². The van der Waals surface area contributed by atoms with Crippen LogP contribution in [0.15, 0.2) is 23.0 Å². The summed E-state index contributed by atoms with van der Waals surface area (Å²) in [5.74, 6) is -1.21. The van der Waals surface area contributed by atoms with Crippen molar-refractivity contribution in [1.82, 2.24) is 15.2 Å². The molecule has 0 fully saturated rings. The lowest BCUT2D eigenvalue weighted by molar-refractivity contribution is -0.137. The second-order valence-corrected chi connectivity index (χ2v) is 3.21. The van der Waals surface area contributed by atoms with Crippen LogP contribution in [0, 0.1) is 5.82 Å². The summed E-state index contributed by atoms with van der Waals surface area (Å²) >= 11 is 0. The largest absolute Gasteiger partial charge is 0.417 e. The summed E-state index contributed by atoms with van der Waals surface area (Å²) in [7, 11) is 0. The van der Waals surface area contributed by atoms with Gasteiger partial charge in [-0.15, -0.1) is 0 Å². The Morgan fingerprint density at radius 1 is 1.24 bits per heavy atom. The van der Waals surface area contributed by atoms with Crippen LogP contribution in [-0.4, -0.2) is 15.2 Å². The van der Waals surface area contributed by atoms with Gasteiger partial charge in [0.25, 0.3) is 0 Å². The van der Waals surface area contributed by atoms with E-state index in [2.05, 4.69) is 5.10 Å². The molecule has 0 saturated heterocycles. The molecule has 17 heavy (non-hydrogen) atoms. The van der Waals surface area contributed by atoms with Crippen molar-refractivity contribution in [1.29, 1.82) is 0 Å². The van der Waals surface area contributed by atoms with Crippen molar-refractivity contribution in [2.75, 3.05) is 0 Å². The zero-order valence-electron chi connectivity index (χ0n) is 8.10. The number of alkyl halides is 3. The average Bonchev–Trinajstić information content (AvgIpc) is 2.62. The van der Waals surface area contributed by atoms with E-state index in [1.54, 1.807) is 0 Å². The molecule has 2 rings (SSSR count). The van der Waals surface area contributed by atoms with Gasteiger partial charge in [0, 0.05) is 5.56 Å². The molecule has 0 atom stereocenters. The van der Waals surface area contributed by atoms with E-state index >= 15 is 0 Å². The van der Waals surface area contributed by atoms with Gasteiger partial charge in [-0.3, -0.25) is 4.98 Å². The number of rotatable bonds is 1. The van der Waals surface area contributed by atoms with E-state index in [1.807, 2.05) is 10.1 Å². The SMILES string of the molecule is O=c1[nH]nc(-c2cc(F)ccc2C(F)(F)F)[nH]1. The normalized spacial score (nSPS) is 11.8. The summed E-state index contributed by atoms with van der Waals surface area (Å²) in [5.41, 5.74) is -2.35. The first kappa shape index (κ1) is 11.4. The van der Waals surface area contributed by atoms with Crippen molar-refractivity contribution in [2.24, 2.45) is 0 Å². The van der Waals surface area contributed by atoms with Crippen LogP contribution in [0.1, 0.15) is 5.56 Å². The van der Waals surface area contributed by atoms with Crippen LogP contribution in [0.4, 0.5) is 17.6 Å². The van der Waals surface area contributed by atoms with Crippen molar-refractivity contribution in [3.63, 3.8) is 0 Å². The lowest BCUT2D eigenvalue weighted by atomic mass is 10.1. The van der Waals surface area contributed by atoms with Crippen LogP contribution < -0.4 is 5.69 Å². The van der Waals surface area contributed by atoms with Gasteiger partial charge >= 0.3 is 11.9 Å². The fourth-order valence-corrected chi connectivity index (χ4v) is 1.36. The van der Waals surface area contributed by atoms with Gasteiger partial charge in [0.15, 0.2) is 5.82 Å². The standard InChI is InChI=1S/C9H5F4N3O/c10-4-1-2-6(9(11,12)13)5(3-4)7-14-8(17)16-15-7/h1-3H,(H2,14,15,16,17). The van der Waals surface area contributed by atoms with Crippen LogP contribution in [0.25, 0.3) is 11.4 Å². The van der Waals surface area contributed by atoms with Crippen LogP contribution in [0.3, 0.4) is 0 Å². The van der Waals surface area contributed by atoms with Gasteiger partial charge in [0.1, 0.15) is 5.82 Å². The molecule has 0 aliphatic carbocycles. The number of hydrogen-bond donors (Lipinski definition) is 2. The number of benzene rings is 1. The first-order valence-electron chi connectivity index (χ1n) is 4.40. The van der Waals surface area contributed by atoms with Crippen LogP contribution in [-0.2, 0) is 6.18 Å². The van der Waals surface area contributed by atoms with E-state index in [-0.39, 0.29) is 5.82 Å². The lowest BCUT2D eigenvalue weighted by Crippen LogP contribution is -2.08. The van der Waals surface area contributed by atoms with Crippen molar-refractivity contribution < 1.29 is 17.6 Å². The van der Waals surface area contributed by atoms with Gasteiger partial charge in [-0.1, -0.05) is 0 Å². The highest BCUT2D eigenvalue weighted by molar-refractivity contribution is 5.60. The monoisotopic (exact) mass is 247 g/mol. The molecule has 0 aliphatic heterocycles. The summed E-state index contributed by atoms with van der Waals surface area (Å²) in [6.45, 7) is 0. The highest BCUT2D eigenvalue weighted by atomic mass is 19.4. The van der Waals surface area contributed by atoms with Crippen molar-refractivity contribution in [3.05, 3.63) is 40.1 Å². The van der Waals surface area contributed by atoms with Crippen LogP contribution >= 0.6 is 0 Å². The first-order valence-corrected chi connectivity index (χ1v) is 4.40. The molecule has 0 spiro atoms. The predicted molar refractivity (Wildman–Crippen MR) is 49.6 cm³/mol. The summed E-state index contributed by atoms with van der Waals surface area (Å²) < 4.78 is 50.8. The fraction of sp³-hybridized carbons (Fsp3) is 0.111. The maximum absolute atomic E-state index is 12.9. The molecule has 0 saturated carbocycles. The zero-order valence-corrected chi connectivity index (χ0v) is 8.10. The Balaban J connectivity index is 2.67. The number of H-pyrrole nitrogens is 2. The Labute approximate surface area is 91.3 Å². The van der Waals surface area contributed by atoms with E-state index in [0.717, 1.165) is 0 Å². The molecule has 0 bridgehead atoms. The summed E-state index contributed by atoms with van der Waals surface area (Å²) in [5, 5.41) is 5.26. The second-order valence-electron chi connectivity index (χ2n) is 3.21. The molecular formula is C9H5F4N3O. The van der Waals surface area contributed by atoms with Gasteiger partial charge in [0.05, 0.1) is 5.56 Å². The minimum absolute atomic E-state index is 0.359. The van der Waals surface area contributed by atoms with E-state index in [0.29, 0.717) is 18.2 Å². The van der Waals surface area contributed by atoms with Gasteiger partial charge in [-0.2, -0.15) is 18.3 Å². The third kappa shape index (κ3) is 2.19. The molecule has 4 nitrogen and oxygen atoms in total. The maximum Gasteiger partial charge on any atom is 0.417 e. The maximum atomic E-state index is 12.9. The summed E-state index contributed by atoms with van der Waals surface area (Å²) in [6, 6.07) is 1.95. The summed E-state index contributed by atoms with van der Waals surface area (Å²) in [4.78, 5) is 12.8. The molecule has 0 unspecified atom stereocenters. The van der Waals surface area contributed by atoms with Gasteiger partial charge < -0.3 is 0 Å². The van der Waals surface area contributed by atoms with Gasteiger partial charge in [-0.25, -0.2) is 14.3 Å². The molecule has 1 aromatic heterocycles. The van der Waals surface area contributed by atoms with Crippen molar-refractivity contribution >= 4 is 0 Å². The van der Waals surface area contributed by atoms with E-state index < -0.39 is 28.8 Å². The van der Waals surface area contributed by atoms with Crippen molar-refractivity contribution in [2.45, 2.75) is 6.18 Å². The third-order valence-electron chi connectivity index (χ3n) is 2.04. The number of nitrogens with zero attached hydrogens (tertiary/aromatic N) is 1. The molecular weight excluding hydrogens is 242 g/mol. The number of aromatic amines is 2. The smallest absolute Gasteiger partial charge is 0.289 e. The lowest BCUT2D eigenvalue weighted by Gasteiger charge is -2.10. The fourth-order valence-electron chi connectivity index (χ4n) is 1.36. The minimum atomic E-state index is -4.65. The molecule has 0 amide bonds. The molecule has 0 radical (unpaired) electrons.